The largest absolute Gasteiger partial charge is 0.311 e. The van der Waals surface area contributed by atoms with E-state index in [2.05, 4.69) is 37.9 Å². The fraction of sp³-hybridized carbons (Fsp3) is 1.00. The van der Waals surface area contributed by atoms with Crippen LogP contribution in [0, 0.1) is 17.8 Å². The first-order chi connectivity index (χ1) is 9.02. The first-order valence-electron chi connectivity index (χ1n) is 8.51. The Kier molecular flexibility index (Phi) is 5.70. The lowest BCUT2D eigenvalue weighted by Gasteiger charge is -2.32. The minimum Gasteiger partial charge on any atom is -0.311 e. The molecule has 19 heavy (non-hydrogen) atoms. The maximum Gasteiger partial charge on any atom is 0.00728 e. The molecule has 0 aromatic heterocycles. The third-order valence-electron chi connectivity index (χ3n) is 4.67. The molecule has 2 atom stereocenters. The standard InChI is InChI=1S/C17H34N2/c1-13(2)11-19(12-14(3)4)8-7-15-9-16-5-6-17(10-15)18-16/h13-18H,5-12H2,1-4H3. The Balaban J connectivity index is 1.74. The van der Waals surface area contributed by atoms with Gasteiger partial charge in [0.2, 0.25) is 0 Å². The summed E-state index contributed by atoms with van der Waals surface area (Å²) in [6, 6.07) is 1.71. The Labute approximate surface area is 120 Å². The summed E-state index contributed by atoms with van der Waals surface area (Å²) in [6.45, 7) is 13.2. The van der Waals surface area contributed by atoms with Crippen LogP contribution in [0.5, 0.6) is 0 Å². The second-order valence-electron chi connectivity index (χ2n) is 7.81. The third kappa shape index (κ3) is 5.07. The molecule has 0 aromatic carbocycles. The number of hydrogen-bond donors (Lipinski definition) is 1. The van der Waals surface area contributed by atoms with Gasteiger partial charge in [-0.3, -0.25) is 0 Å². The highest BCUT2D eigenvalue weighted by molar-refractivity contribution is 4.92. The van der Waals surface area contributed by atoms with Crippen LogP contribution in [-0.4, -0.2) is 36.6 Å². The van der Waals surface area contributed by atoms with Crippen molar-refractivity contribution >= 4 is 0 Å². The minimum absolute atomic E-state index is 0.794. The van der Waals surface area contributed by atoms with Crippen molar-refractivity contribution in [3.8, 4) is 0 Å². The van der Waals surface area contributed by atoms with Crippen molar-refractivity contribution in [2.45, 2.75) is 71.9 Å². The van der Waals surface area contributed by atoms with Crippen molar-refractivity contribution in [2.75, 3.05) is 19.6 Å². The van der Waals surface area contributed by atoms with Crippen LogP contribution in [0.15, 0.2) is 0 Å². The van der Waals surface area contributed by atoms with Crippen LogP contribution in [-0.2, 0) is 0 Å². The molecule has 2 bridgehead atoms. The fourth-order valence-corrected chi connectivity index (χ4v) is 4.07. The number of nitrogens with zero attached hydrogens (tertiary/aromatic N) is 1. The van der Waals surface area contributed by atoms with E-state index in [4.69, 9.17) is 0 Å². The van der Waals surface area contributed by atoms with Crippen molar-refractivity contribution in [3.05, 3.63) is 0 Å². The first-order valence-corrected chi connectivity index (χ1v) is 8.51. The van der Waals surface area contributed by atoms with Gasteiger partial charge in [0.25, 0.3) is 0 Å². The van der Waals surface area contributed by atoms with Crippen molar-refractivity contribution < 1.29 is 0 Å². The van der Waals surface area contributed by atoms with Crippen molar-refractivity contribution in [3.63, 3.8) is 0 Å². The number of piperidine rings is 1. The van der Waals surface area contributed by atoms with E-state index in [1.165, 1.54) is 51.7 Å². The molecule has 0 saturated carbocycles. The van der Waals surface area contributed by atoms with E-state index >= 15 is 0 Å². The van der Waals surface area contributed by atoms with Crippen LogP contribution < -0.4 is 5.32 Å². The smallest absolute Gasteiger partial charge is 0.00728 e. The van der Waals surface area contributed by atoms with Crippen molar-refractivity contribution in [1.82, 2.24) is 10.2 Å². The van der Waals surface area contributed by atoms with E-state index in [0.29, 0.717) is 0 Å². The van der Waals surface area contributed by atoms with Gasteiger partial charge >= 0.3 is 0 Å². The van der Waals surface area contributed by atoms with E-state index < -0.39 is 0 Å². The summed E-state index contributed by atoms with van der Waals surface area (Å²) in [7, 11) is 0. The zero-order chi connectivity index (χ0) is 13.8. The van der Waals surface area contributed by atoms with Crippen LogP contribution >= 0.6 is 0 Å². The van der Waals surface area contributed by atoms with Gasteiger partial charge in [-0.15, -0.1) is 0 Å². The van der Waals surface area contributed by atoms with Crippen LogP contribution in [0.2, 0.25) is 0 Å². The van der Waals surface area contributed by atoms with Crippen LogP contribution in [0.1, 0.15) is 59.8 Å². The normalized spacial score (nSPS) is 30.8. The quantitative estimate of drug-likeness (QED) is 0.758. The molecule has 1 N–H and O–H groups in total. The number of rotatable bonds is 7. The van der Waals surface area contributed by atoms with Gasteiger partial charge in [0, 0.05) is 25.2 Å². The summed E-state index contributed by atoms with van der Waals surface area (Å²) in [5.74, 6) is 2.58. The lowest BCUT2D eigenvalue weighted by molar-refractivity contribution is 0.187. The molecule has 2 aliphatic heterocycles. The summed E-state index contributed by atoms with van der Waals surface area (Å²) >= 11 is 0. The van der Waals surface area contributed by atoms with Crippen molar-refractivity contribution in [1.29, 1.82) is 0 Å². The molecule has 0 spiro atoms. The van der Waals surface area contributed by atoms with Gasteiger partial charge in [-0.1, -0.05) is 27.7 Å². The maximum atomic E-state index is 3.76. The molecule has 2 fully saturated rings. The van der Waals surface area contributed by atoms with Gasteiger partial charge in [-0.25, -0.2) is 0 Å². The molecule has 2 nitrogen and oxygen atoms in total. The average molecular weight is 266 g/mol. The lowest BCUT2D eigenvalue weighted by atomic mass is 9.89. The summed E-state index contributed by atoms with van der Waals surface area (Å²) in [5, 5.41) is 3.76. The van der Waals surface area contributed by atoms with Crippen molar-refractivity contribution in [2.24, 2.45) is 17.8 Å². The molecule has 112 valence electrons. The lowest BCUT2D eigenvalue weighted by Crippen LogP contribution is -2.40. The summed E-state index contributed by atoms with van der Waals surface area (Å²) in [6.07, 6.45) is 7.17. The Morgan fingerprint density at radius 1 is 0.947 bits per heavy atom. The Morgan fingerprint density at radius 2 is 1.47 bits per heavy atom. The number of fused-ring (bicyclic) bond motifs is 2. The topological polar surface area (TPSA) is 15.3 Å². The number of nitrogens with one attached hydrogen (secondary N) is 1. The molecule has 0 radical (unpaired) electrons. The molecule has 2 unspecified atom stereocenters. The Hall–Kier alpha value is -0.0800. The molecule has 2 saturated heterocycles. The van der Waals surface area contributed by atoms with Gasteiger partial charge < -0.3 is 10.2 Å². The molecule has 0 aromatic rings. The first kappa shape index (κ1) is 15.3. The summed E-state index contributed by atoms with van der Waals surface area (Å²) in [5.41, 5.74) is 0. The fourth-order valence-electron chi connectivity index (χ4n) is 4.07. The Morgan fingerprint density at radius 3 is 1.95 bits per heavy atom. The van der Waals surface area contributed by atoms with Crippen LogP contribution in [0.25, 0.3) is 0 Å². The van der Waals surface area contributed by atoms with Crippen LogP contribution in [0.4, 0.5) is 0 Å². The van der Waals surface area contributed by atoms with Gasteiger partial charge in [0.15, 0.2) is 0 Å². The second kappa shape index (κ2) is 7.08. The molecular formula is C17H34N2. The van der Waals surface area contributed by atoms with E-state index in [1.54, 1.807) is 0 Å². The predicted molar refractivity (Wildman–Crippen MR) is 83.4 cm³/mol. The van der Waals surface area contributed by atoms with E-state index in [1.807, 2.05) is 0 Å². The minimum atomic E-state index is 0.794. The molecule has 2 heterocycles. The monoisotopic (exact) mass is 266 g/mol. The average Bonchev–Trinajstić information content (AvgIpc) is 2.64. The predicted octanol–water partition coefficient (Wildman–Crippen LogP) is 3.52. The molecule has 2 aliphatic rings. The highest BCUT2D eigenvalue weighted by atomic mass is 15.1. The zero-order valence-electron chi connectivity index (χ0n) is 13.5. The zero-order valence-corrected chi connectivity index (χ0v) is 13.5. The SMILES string of the molecule is CC(C)CN(CCC1CC2CCC(C1)N2)CC(C)C. The highest BCUT2D eigenvalue weighted by Crippen LogP contribution is 2.32. The molecule has 2 heteroatoms. The third-order valence-corrected chi connectivity index (χ3v) is 4.67. The molecule has 0 aliphatic carbocycles. The summed E-state index contributed by atoms with van der Waals surface area (Å²) in [4.78, 5) is 2.71. The van der Waals surface area contributed by atoms with Gasteiger partial charge in [0.05, 0.1) is 0 Å². The number of hydrogen-bond acceptors (Lipinski definition) is 2. The molecule has 0 amide bonds. The summed E-state index contributed by atoms with van der Waals surface area (Å²) < 4.78 is 0. The van der Waals surface area contributed by atoms with Gasteiger partial charge in [0.1, 0.15) is 0 Å². The Bertz CT molecular complexity index is 240. The van der Waals surface area contributed by atoms with E-state index in [-0.39, 0.29) is 0 Å². The highest BCUT2D eigenvalue weighted by Gasteiger charge is 2.33. The van der Waals surface area contributed by atoms with E-state index in [9.17, 15) is 0 Å². The van der Waals surface area contributed by atoms with E-state index in [0.717, 1.165) is 29.8 Å². The maximum absolute atomic E-state index is 3.76. The molecular weight excluding hydrogens is 232 g/mol. The molecule has 2 rings (SSSR count). The second-order valence-corrected chi connectivity index (χ2v) is 7.81. The van der Waals surface area contributed by atoms with Gasteiger partial charge in [-0.05, 0) is 56.4 Å². The van der Waals surface area contributed by atoms with Crippen LogP contribution in [0.3, 0.4) is 0 Å². The van der Waals surface area contributed by atoms with Gasteiger partial charge in [-0.2, -0.15) is 0 Å².